The van der Waals surface area contributed by atoms with E-state index in [-0.39, 0.29) is 17.0 Å². The monoisotopic (exact) mass is 353 g/mol. The number of ether oxygens (including phenoxy) is 1. The lowest BCUT2D eigenvalue weighted by Gasteiger charge is -2.47. The van der Waals surface area contributed by atoms with Crippen LogP contribution in [0.5, 0.6) is 0 Å². The molecular formula is C17H24BrNO2. The minimum absolute atomic E-state index is 0.164. The van der Waals surface area contributed by atoms with Gasteiger partial charge in [-0.25, -0.2) is 0 Å². The van der Waals surface area contributed by atoms with Crippen molar-refractivity contribution in [2.75, 3.05) is 19.6 Å². The number of carbonyl (C=O) groups is 1. The van der Waals surface area contributed by atoms with Gasteiger partial charge in [0.05, 0.1) is 11.2 Å². The van der Waals surface area contributed by atoms with Gasteiger partial charge in [0.1, 0.15) is 0 Å². The van der Waals surface area contributed by atoms with Crippen molar-refractivity contribution < 1.29 is 9.53 Å². The van der Waals surface area contributed by atoms with Crippen LogP contribution in [-0.2, 0) is 4.74 Å². The fourth-order valence-corrected chi connectivity index (χ4v) is 3.41. The van der Waals surface area contributed by atoms with E-state index < -0.39 is 0 Å². The molecule has 21 heavy (non-hydrogen) atoms. The molecule has 116 valence electrons. The number of rotatable bonds is 4. The van der Waals surface area contributed by atoms with E-state index >= 15 is 0 Å². The molecule has 0 spiro atoms. The number of halogens is 1. The molecule has 1 saturated heterocycles. The molecular weight excluding hydrogens is 330 g/mol. The first-order valence-electron chi connectivity index (χ1n) is 7.38. The normalized spacial score (nSPS) is 21.2. The van der Waals surface area contributed by atoms with Gasteiger partial charge in [-0.15, -0.1) is 0 Å². The zero-order valence-corrected chi connectivity index (χ0v) is 14.9. The lowest BCUT2D eigenvalue weighted by atomic mass is 9.98. The summed E-state index contributed by atoms with van der Waals surface area (Å²) in [6.07, 6.45) is 0.549. The van der Waals surface area contributed by atoms with E-state index in [2.05, 4.69) is 48.5 Å². The van der Waals surface area contributed by atoms with Crippen molar-refractivity contribution in [2.45, 2.75) is 45.3 Å². The van der Waals surface area contributed by atoms with E-state index in [1.54, 1.807) is 0 Å². The quantitative estimate of drug-likeness (QED) is 0.768. The van der Waals surface area contributed by atoms with Crippen LogP contribution in [0.15, 0.2) is 28.7 Å². The molecule has 1 aliphatic rings. The Labute approximate surface area is 135 Å². The summed E-state index contributed by atoms with van der Waals surface area (Å²) in [5, 5.41) is 0. The number of morpholine rings is 1. The Morgan fingerprint density at radius 3 is 2.19 bits per heavy atom. The number of nitrogens with zero attached hydrogens (tertiary/aromatic N) is 1. The van der Waals surface area contributed by atoms with Crippen LogP contribution in [0.1, 0.15) is 44.5 Å². The molecule has 0 atom stereocenters. The zero-order chi connectivity index (χ0) is 15.7. The first-order valence-corrected chi connectivity index (χ1v) is 8.18. The molecule has 0 radical (unpaired) electrons. The topological polar surface area (TPSA) is 29.5 Å². The maximum absolute atomic E-state index is 12.2. The van der Waals surface area contributed by atoms with Crippen LogP contribution in [0.3, 0.4) is 0 Å². The van der Waals surface area contributed by atoms with Crippen LogP contribution in [0.2, 0.25) is 0 Å². The fraction of sp³-hybridized carbons (Fsp3) is 0.588. The highest BCUT2D eigenvalue weighted by Gasteiger charge is 2.37. The van der Waals surface area contributed by atoms with Gasteiger partial charge in [0.25, 0.3) is 0 Å². The SMILES string of the molecule is CC1(C)CN(CCC(=O)c2ccc(Br)cc2)CC(C)(C)O1. The summed E-state index contributed by atoms with van der Waals surface area (Å²) >= 11 is 3.39. The van der Waals surface area contributed by atoms with E-state index in [4.69, 9.17) is 4.74 Å². The first kappa shape index (κ1) is 16.7. The summed E-state index contributed by atoms with van der Waals surface area (Å²) in [7, 11) is 0. The Kier molecular flexibility index (Phi) is 4.91. The molecule has 1 heterocycles. The fourth-order valence-electron chi connectivity index (χ4n) is 3.14. The first-order chi connectivity index (χ1) is 9.67. The number of carbonyl (C=O) groups excluding carboxylic acids is 1. The number of hydrogen-bond acceptors (Lipinski definition) is 3. The molecule has 0 bridgehead atoms. The van der Waals surface area contributed by atoms with Crippen molar-refractivity contribution in [3.63, 3.8) is 0 Å². The number of Topliss-reactive ketones (excluding diaryl/α,β-unsaturated/α-hetero) is 1. The molecule has 1 aliphatic heterocycles. The van der Waals surface area contributed by atoms with Gasteiger partial charge >= 0.3 is 0 Å². The molecule has 0 amide bonds. The van der Waals surface area contributed by atoms with Gasteiger partial charge in [0, 0.05) is 36.1 Å². The van der Waals surface area contributed by atoms with Crippen molar-refractivity contribution >= 4 is 21.7 Å². The predicted molar refractivity (Wildman–Crippen MR) is 88.8 cm³/mol. The number of hydrogen-bond donors (Lipinski definition) is 0. The molecule has 0 aliphatic carbocycles. The van der Waals surface area contributed by atoms with Crippen LogP contribution < -0.4 is 0 Å². The molecule has 2 rings (SSSR count). The molecule has 1 fully saturated rings. The summed E-state index contributed by atoms with van der Waals surface area (Å²) in [5.41, 5.74) is 0.454. The van der Waals surface area contributed by atoms with Crippen molar-refractivity contribution in [1.82, 2.24) is 4.90 Å². The minimum atomic E-state index is -0.164. The van der Waals surface area contributed by atoms with Gasteiger partial charge in [0.2, 0.25) is 0 Å². The number of benzene rings is 1. The smallest absolute Gasteiger partial charge is 0.164 e. The Morgan fingerprint density at radius 2 is 1.67 bits per heavy atom. The second kappa shape index (κ2) is 6.19. The lowest BCUT2D eigenvalue weighted by molar-refractivity contribution is -0.180. The molecule has 1 aromatic rings. The average Bonchev–Trinajstić information content (AvgIpc) is 2.33. The summed E-state index contributed by atoms with van der Waals surface area (Å²) in [6.45, 7) is 10.9. The van der Waals surface area contributed by atoms with Gasteiger partial charge in [-0.1, -0.05) is 28.1 Å². The molecule has 0 aromatic heterocycles. The average molecular weight is 354 g/mol. The highest BCUT2D eigenvalue weighted by Crippen LogP contribution is 2.28. The standard InChI is InChI=1S/C17H24BrNO2/c1-16(2)11-19(12-17(3,4)21-16)10-9-15(20)13-5-7-14(18)8-6-13/h5-8H,9-12H2,1-4H3. The Bertz CT molecular complexity index is 492. The maximum atomic E-state index is 12.2. The van der Waals surface area contributed by atoms with Crippen LogP contribution >= 0.6 is 15.9 Å². The van der Waals surface area contributed by atoms with E-state index in [0.717, 1.165) is 29.7 Å². The van der Waals surface area contributed by atoms with Crippen molar-refractivity contribution in [3.8, 4) is 0 Å². The summed E-state index contributed by atoms with van der Waals surface area (Å²) < 4.78 is 7.06. The zero-order valence-electron chi connectivity index (χ0n) is 13.3. The third-order valence-corrected chi connectivity index (χ3v) is 4.11. The van der Waals surface area contributed by atoms with E-state index in [0.29, 0.717) is 6.42 Å². The van der Waals surface area contributed by atoms with Crippen LogP contribution in [0.25, 0.3) is 0 Å². The van der Waals surface area contributed by atoms with E-state index in [1.807, 2.05) is 24.3 Å². The van der Waals surface area contributed by atoms with Gasteiger partial charge in [-0.05, 0) is 39.8 Å². The van der Waals surface area contributed by atoms with E-state index in [1.165, 1.54) is 0 Å². The van der Waals surface area contributed by atoms with Crippen LogP contribution in [0.4, 0.5) is 0 Å². The van der Waals surface area contributed by atoms with Crippen molar-refractivity contribution in [2.24, 2.45) is 0 Å². The van der Waals surface area contributed by atoms with Crippen molar-refractivity contribution in [1.29, 1.82) is 0 Å². The third kappa shape index (κ3) is 4.90. The Morgan fingerprint density at radius 1 is 1.14 bits per heavy atom. The Balaban J connectivity index is 1.93. The molecule has 4 heteroatoms. The van der Waals surface area contributed by atoms with Gasteiger partial charge < -0.3 is 4.74 Å². The summed E-state index contributed by atoms with van der Waals surface area (Å²) in [4.78, 5) is 14.6. The highest BCUT2D eigenvalue weighted by atomic mass is 79.9. The predicted octanol–water partition coefficient (Wildman–Crippen LogP) is 3.91. The highest BCUT2D eigenvalue weighted by molar-refractivity contribution is 9.10. The molecule has 0 unspecified atom stereocenters. The Hall–Kier alpha value is -0.710. The summed E-state index contributed by atoms with van der Waals surface area (Å²) in [6, 6.07) is 7.57. The van der Waals surface area contributed by atoms with E-state index in [9.17, 15) is 4.79 Å². The third-order valence-electron chi connectivity index (χ3n) is 3.58. The molecule has 3 nitrogen and oxygen atoms in total. The maximum Gasteiger partial charge on any atom is 0.164 e. The second-order valence-electron chi connectivity index (χ2n) is 7.01. The molecule has 0 N–H and O–H groups in total. The molecule has 0 saturated carbocycles. The molecule has 1 aromatic carbocycles. The minimum Gasteiger partial charge on any atom is -0.367 e. The largest absolute Gasteiger partial charge is 0.367 e. The van der Waals surface area contributed by atoms with Gasteiger partial charge in [-0.2, -0.15) is 0 Å². The van der Waals surface area contributed by atoms with Gasteiger partial charge in [-0.3, -0.25) is 9.69 Å². The lowest BCUT2D eigenvalue weighted by Crippen LogP contribution is -2.57. The second-order valence-corrected chi connectivity index (χ2v) is 7.93. The van der Waals surface area contributed by atoms with Crippen molar-refractivity contribution in [3.05, 3.63) is 34.3 Å². The van der Waals surface area contributed by atoms with Crippen LogP contribution in [0, 0.1) is 0 Å². The van der Waals surface area contributed by atoms with Crippen LogP contribution in [-0.4, -0.2) is 41.5 Å². The summed E-state index contributed by atoms with van der Waals surface area (Å²) in [5.74, 6) is 0.199. The number of ketones is 1. The van der Waals surface area contributed by atoms with Gasteiger partial charge in [0.15, 0.2) is 5.78 Å².